The lowest BCUT2D eigenvalue weighted by Gasteiger charge is -2.15. The molecule has 15 rings (SSSR count). The highest BCUT2D eigenvalue weighted by atomic mass is 19.4. The van der Waals surface area contributed by atoms with E-state index in [0.29, 0.717) is 71.4 Å². The largest absolute Gasteiger partial charge is 0.419 e. The lowest BCUT2D eigenvalue weighted by Crippen LogP contribution is -2.30. The Morgan fingerprint density at radius 2 is 0.800 bits per heavy atom. The standard InChI is InChI=1S/C27H21F4N5O3.C26H21N7O3.C25H21FN6O3/c1-14(37)16-3-5-18-17(11-16)4-7-21(18)35-26(39)23-12-22(34-24-8-9-33-36(23)24)25(38)32-13-15-2-6-20(28)19(10-15)27(29,30)31;1-15(34)17-3-5-19-18(12-17)4-6-20(19)32-26(36)22-13-21(31-24-8-10-30-33(22)24)25(35)29-14-16-7-9-28-23(11-16)27-2;1-14(33)16-2-4-18-17(11-16)3-5-19(18)31-25(35)21-12-20(30-23-7-9-29-32(21)23)24(34)28-13-15-6-8-27-22(26)10-15/h2-3,5-6,8-12,21H,4,7,13H2,1H3,(H,32,38)(H,35,39);3,5,7-13,20H,4,6,14H2,1H3,(H,29,35)(H,32,36);2,4,6-12,19H,3,5,13H2,1H3,(H,28,34)(H,31,35)/t21-;20-;19-/m000/s1. The number of fused-ring (bicyclic) bond motifs is 6. The third-order valence-corrected chi connectivity index (χ3v) is 18.7. The highest BCUT2D eigenvalue weighted by molar-refractivity contribution is 6.01. The molecule has 3 aliphatic rings. The van der Waals surface area contributed by atoms with E-state index in [1.54, 1.807) is 48.5 Å². The molecule has 0 aliphatic heterocycles. The maximum absolute atomic E-state index is 13.6. The number of alkyl halides is 3. The van der Waals surface area contributed by atoms with Crippen molar-refractivity contribution in [1.82, 2.24) is 85.7 Å². The Bertz CT molecular complexity index is 5790. The van der Waals surface area contributed by atoms with Gasteiger partial charge in [0.1, 0.15) is 46.2 Å². The summed E-state index contributed by atoms with van der Waals surface area (Å²) in [5, 5.41) is 29.4. The van der Waals surface area contributed by atoms with Crippen molar-refractivity contribution < 1.29 is 65.1 Å². The zero-order valence-electron chi connectivity index (χ0n) is 58.6. The summed E-state index contributed by atoms with van der Waals surface area (Å²) in [6.07, 6.45) is 6.59. The van der Waals surface area contributed by atoms with Crippen LogP contribution in [0.4, 0.5) is 27.8 Å². The summed E-state index contributed by atoms with van der Waals surface area (Å²) >= 11 is 0. The molecule has 4 aromatic carbocycles. The number of aryl methyl sites for hydroxylation is 3. The maximum atomic E-state index is 13.6. The number of Topliss-reactive ketones (excluding diaryl/α,β-unsaturated/α-hetero) is 3. The number of benzene rings is 4. The molecule has 3 atom stereocenters. The molecule has 0 fully saturated rings. The first-order chi connectivity index (χ1) is 52.8. The van der Waals surface area contributed by atoms with E-state index >= 15 is 0 Å². The normalized spacial score (nSPS) is 14.5. The number of nitrogens with zero attached hydrogens (tertiary/aromatic N) is 12. The predicted octanol–water partition coefficient (Wildman–Crippen LogP) is 10.5. The molecule has 0 saturated carbocycles. The van der Waals surface area contributed by atoms with Crippen LogP contribution < -0.4 is 31.9 Å². The fourth-order valence-electron chi connectivity index (χ4n) is 13.1. The monoisotopic (exact) mass is 1490 g/mol. The van der Waals surface area contributed by atoms with E-state index in [4.69, 9.17) is 6.57 Å². The van der Waals surface area contributed by atoms with Crippen LogP contribution in [0.3, 0.4) is 0 Å². The van der Waals surface area contributed by atoms with Crippen LogP contribution >= 0.6 is 0 Å². The second-order valence-electron chi connectivity index (χ2n) is 26.0. The van der Waals surface area contributed by atoms with Gasteiger partial charge in [0.25, 0.3) is 41.3 Å². The van der Waals surface area contributed by atoms with Gasteiger partial charge in [0.05, 0.1) is 42.3 Å². The Kier molecular flexibility index (Phi) is 21.3. The Morgan fingerprint density at radius 3 is 1.15 bits per heavy atom. The maximum Gasteiger partial charge on any atom is 0.419 e. The molecule has 6 amide bonds. The van der Waals surface area contributed by atoms with E-state index in [1.165, 1.54) is 95.6 Å². The molecule has 12 aromatic rings. The van der Waals surface area contributed by atoms with Crippen molar-refractivity contribution >= 4 is 75.6 Å². The molecule has 32 heteroatoms. The van der Waals surface area contributed by atoms with Crippen LogP contribution in [0.1, 0.15) is 208 Å². The van der Waals surface area contributed by atoms with E-state index in [9.17, 15) is 65.1 Å². The summed E-state index contributed by atoms with van der Waals surface area (Å²) in [5.41, 5.74) is 8.93. The van der Waals surface area contributed by atoms with Crippen LogP contribution in [0.5, 0.6) is 0 Å². The zero-order valence-corrected chi connectivity index (χ0v) is 58.6. The first-order valence-corrected chi connectivity index (χ1v) is 34.3. The molecule has 8 heterocycles. The number of pyridine rings is 2. The first-order valence-electron chi connectivity index (χ1n) is 34.3. The molecule has 554 valence electrons. The minimum atomic E-state index is -4.88. The Hall–Kier alpha value is -14.0. The number of aromatic nitrogens is 11. The average molecular weight is 1490 g/mol. The summed E-state index contributed by atoms with van der Waals surface area (Å²) < 4.78 is 69.9. The van der Waals surface area contributed by atoms with Gasteiger partial charge in [0.15, 0.2) is 34.3 Å². The number of nitrogens with one attached hydrogen (secondary N) is 6. The van der Waals surface area contributed by atoms with Crippen LogP contribution in [0.25, 0.3) is 21.8 Å². The summed E-state index contributed by atoms with van der Waals surface area (Å²) in [6.45, 7) is 11.5. The first kappa shape index (κ1) is 74.3. The fourth-order valence-corrected chi connectivity index (χ4v) is 13.1. The van der Waals surface area contributed by atoms with Crippen LogP contribution in [0.15, 0.2) is 164 Å². The Balaban J connectivity index is 0.000000145. The van der Waals surface area contributed by atoms with Crippen molar-refractivity contribution in [3.8, 4) is 0 Å². The highest BCUT2D eigenvalue weighted by Gasteiger charge is 2.35. The average Bonchev–Trinajstić information content (AvgIpc) is 1.60. The molecule has 27 nitrogen and oxygen atoms in total. The number of ketones is 3. The van der Waals surface area contributed by atoms with Gasteiger partial charge >= 0.3 is 6.18 Å². The van der Waals surface area contributed by atoms with E-state index in [0.717, 1.165) is 57.9 Å². The molecule has 6 N–H and O–H groups in total. The van der Waals surface area contributed by atoms with Gasteiger partial charge in [-0.05, 0) is 164 Å². The minimum Gasteiger partial charge on any atom is -0.361 e. The number of carbonyl (C=O) groups is 9. The van der Waals surface area contributed by atoms with Crippen molar-refractivity contribution in [2.45, 2.75) is 103 Å². The van der Waals surface area contributed by atoms with Gasteiger partial charge in [-0.15, -0.1) is 4.98 Å². The summed E-state index contributed by atoms with van der Waals surface area (Å²) in [6, 6.07) is 33.0. The SMILES string of the molecule is CC(=O)c1ccc2c(c1)CC[C@@H]2NC(=O)c1cc(C(=O)NCc2ccc(F)c(C(F)(F)F)c2)nc2ccnn12.CC(=O)c1ccc2c(c1)CC[C@@H]2NC(=O)c1cc(C(=O)NCc2ccnc(F)c2)nc2ccnn12.[C-]#[N+]c1cc(CNC(=O)c2cc(C(=O)N[C@H]3CCc4cc(C(C)=O)ccc43)n3nccc3n2)ccn1. The smallest absolute Gasteiger partial charge is 0.361 e. The van der Waals surface area contributed by atoms with Crippen molar-refractivity contribution in [1.29, 1.82) is 0 Å². The number of rotatable bonds is 18. The molecule has 8 aromatic heterocycles. The zero-order chi connectivity index (χ0) is 77.7. The van der Waals surface area contributed by atoms with Gasteiger partial charge in [-0.25, -0.2) is 37.9 Å². The van der Waals surface area contributed by atoms with Gasteiger partial charge in [-0.2, -0.15) is 32.9 Å². The van der Waals surface area contributed by atoms with E-state index < -0.39 is 53.0 Å². The van der Waals surface area contributed by atoms with E-state index in [-0.39, 0.29) is 112 Å². The molecule has 0 radical (unpaired) electrons. The van der Waals surface area contributed by atoms with Crippen molar-refractivity contribution in [3.05, 3.63) is 294 Å². The van der Waals surface area contributed by atoms with Crippen molar-refractivity contribution in [2.75, 3.05) is 0 Å². The quantitative estimate of drug-likeness (QED) is 0.0201. The fraction of sp³-hybridized carbons (Fsp3) is 0.205. The van der Waals surface area contributed by atoms with Gasteiger partial charge in [0.2, 0.25) is 5.95 Å². The molecule has 0 bridgehead atoms. The Morgan fingerprint density at radius 1 is 0.436 bits per heavy atom. The second kappa shape index (κ2) is 31.6. The number of hydrogen-bond donors (Lipinski definition) is 6. The summed E-state index contributed by atoms with van der Waals surface area (Å²) in [5.74, 6) is -4.87. The predicted molar refractivity (Wildman–Crippen MR) is 383 cm³/mol. The molecule has 110 heavy (non-hydrogen) atoms. The lowest BCUT2D eigenvalue weighted by molar-refractivity contribution is -0.140. The second-order valence-corrected chi connectivity index (χ2v) is 26.0. The third-order valence-electron chi connectivity index (χ3n) is 18.7. The topological polar surface area (TPSA) is 347 Å². The number of amides is 6. The van der Waals surface area contributed by atoms with Crippen molar-refractivity contribution in [3.63, 3.8) is 0 Å². The van der Waals surface area contributed by atoms with Gasteiger partial charge in [-0.1, -0.05) is 49.0 Å². The summed E-state index contributed by atoms with van der Waals surface area (Å²) in [7, 11) is 0. The highest BCUT2D eigenvalue weighted by Crippen LogP contribution is 2.36. The Labute approximate surface area is 621 Å². The van der Waals surface area contributed by atoms with Gasteiger partial charge in [0, 0.05) is 78.9 Å². The van der Waals surface area contributed by atoms with Crippen LogP contribution in [0, 0.1) is 18.3 Å². The van der Waals surface area contributed by atoms with Crippen LogP contribution in [0.2, 0.25) is 0 Å². The molecule has 0 spiro atoms. The number of halogens is 5. The molecule has 0 unspecified atom stereocenters. The molecular weight excluding hydrogens is 1430 g/mol. The third kappa shape index (κ3) is 16.5. The van der Waals surface area contributed by atoms with Crippen LogP contribution in [-0.2, 0) is 45.1 Å². The summed E-state index contributed by atoms with van der Waals surface area (Å²) in [4.78, 5) is 137. The van der Waals surface area contributed by atoms with Crippen LogP contribution in [-0.4, -0.2) is 107 Å². The van der Waals surface area contributed by atoms with Gasteiger partial charge in [-0.3, -0.25) is 43.2 Å². The van der Waals surface area contributed by atoms with Crippen molar-refractivity contribution in [2.24, 2.45) is 0 Å². The lowest BCUT2D eigenvalue weighted by atomic mass is 10.0. The van der Waals surface area contributed by atoms with E-state index in [1.807, 2.05) is 36.4 Å². The molecule has 3 aliphatic carbocycles. The minimum absolute atomic E-state index is 0.00184. The number of hydrogen-bond acceptors (Lipinski definition) is 17. The molecule has 0 saturated heterocycles. The molecular formula is C78H63F5N18O9. The van der Waals surface area contributed by atoms with Gasteiger partial charge < -0.3 is 36.7 Å². The van der Waals surface area contributed by atoms with E-state index in [2.05, 4.69) is 77.0 Å². The number of carbonyl (C=O) groups excluding carboxylic acids is 9.